The maximum Gasteiger partial charge on any atom is 0.291 e. The van der Waals surface area contributed by atoms with Crippen molar-refractivity contribution in [3.8, 4) is 0 Å². The van der Waals surface area contributed by atoms with Crippen LogP contribution in [0.3, 0.4) is 0 Å². The van der Waals surface area contributed by atoms with E-state index >= 15 is 0 Å². The van der Waals surface area contributed by atoms with E-state index in [0.717, 1.165) is 21.0 Å². The molecule has 0 saturated carbocycles. The normalized spacial score (nSPS) is 10.5. The van der Waals surface area contributed by atoms with E-state index < -0.39 is 0 Å². The van der Waals surface area contributed by atoms with Crippen molar-refractivity contribution in [3.63, 3.8) is 0 Å². The lowest BCUT2D eigenvalue weighted by Crippen LogP contribution is -2.12. The van der Waals surface area contributed by atoms with Crippen LogP contribution in [0.5, 0.6) is 0 Å². The third kappa shape index (κ3) is 4.24. The van der Waals surface area contributed by atoms with Crippen molar-refractivity contribution in [1.82, 2.24) is 0 Å². The van der Waals surface area contributed by atoms with Crippen molar-refractivity contribution in [2.75, 3.05) is 11.6 Å². The molecule has 5 heteroatoms. The molecule has 0 atom stereocenters. The van der Waals surface area contributed by atoms with Gasteiger partial charge in [-0.1, -0.05) is 18.2 Å². The van der Waals surface area contributed by atoms with E-state index in [2.05, 4.69) is 17.4 Å². The molecule has 1 aromatic heterocycles. The molecule has 0 aliphatic heterocycles. The number of nitrogens with one attached hydrogen (secondary N) is 1. The Kier molecular flexibility index (Phi) is 5.67. The van der Waals surface area contributed by atoms with Crippen molar-refractivity contribution in [3.05, 3.63) is 78.3 Å². The fraction of sp³-hybridized carbons (Fsp3) is 0.105. The Morgan fingerprint density at radius 2 is 1.75 bits per heavy atom. The number of hydrogen-bond donors (Lipinski definition) is 1. The highest BCUT2D eigenvalue weighted by atomic mass is 32.2. The van der Waals surface area contributed by atoms with Gasteiger partial charge in [-0.3, -0.25) is 4.79 Å². The lowest BCUT2D eigenvalue weighted by molar-refractivity contribution is 0.0996. The molecule has 0 unspecified atom stereocenters. The zero-order chi connectivity index (χ0) is 16.8. The summed E-state index contributed by atoms with van der Waals surface area (Å²) in [5.74, 6) is 0.835. The second kappa shape index (κ2) is 8.13. The van der Waals surface area contributed by atoms with E-state index in [9.17, 15) is 4.79 Å². The van der Waals surface area contributed by atoms with Crippen molar-refractivity contribution in [1.29, 1.82) is 0 Å². The van der Waals surface area contributed by atoms with Crippen LogP contribution in [0.1, 0.15) is 16.1 Å². The molecule has 1 amide bonds. The molecule has 2 aromatic carbocycles. The first kappa shape index (κ1) is 16.7. The SMILES string of the molecule is CSc1ccc(NC(=O)c2occc2CSc2ccccc2)cc1. The van der Waals surface area contributed by atoms with Gasteiger partial charge in [0.1, 0.15) is 0 Å². The van der Waals surface area contributed by atoms with E-state index in [1.165, 1.54) is 0 Å². The lowest BCUT2D eigenvalue weighted by atomic mass is 10.2. The van der Waals surface area contributed by atoms with Crippen LogP contribution in [0, 0.1) is 0 Å². The summed E-state index contributed by atoms with van der Waals surface area (Å²) in [6, 6.07) is 19.7. The van der Waals surface area contributed by atoms with Crippen LogP contribution in [0.4, 0.5) is 5.69 Å². The highest BCUT2D eigenvalue weighted by Crippen LogP contribution is 2.25. The molecule has 24 heavy (non-hydrogen) atoms. The smallest absolute Gasteiger partial charge is 0.291 e. The molecule has 3 rings (SSSR count). The monoisotopic (exact) mass is 355 g/mol. The zero-order valence-corrected chi connectivity index (χ0v) is 14.8. The quantitative estimate of drug-likeness (QED) is 0.589. The number of hydrogen-bond acceptors (Lipinski definition) is 4. The van der Waals surface area contributed by atoms with Crippen molar-refractivity contribution >= 4 is 35.1 Å². The van der Waals surface area contributed by atoms with Crippen molar-refractivity contribution in [2.24, 2.45) is 0 Å². The van der Waals surface area contributed by atoms with Gasteiger partial charge in [0, 0.05) is 26.8 Å². The Morgan fingerprint density at radius 1 is 1.00 bits per heavy atom. The summed E-state index contributed by atoms with van der Waals surface area (Å²) < 4.78 is 5.40. The molecular weight excluding hydrogens is 338 g/mol. The van der Waals surface area contributed by atoms with Gasteiger partial charge >= 0.3 is 0 Å². The van der Waals surface area contributed by atoms with Crippen LogP contribution in [0.2, 0.25) is 0 Å². The first-order valence-corrected chi connectivity index (χ1v) is 9.67. The summed E-state index contributed by atoms with van der Waals surface area (Å²) in [6.45, 7) is 0. The average Bonchev–Trinajstić information content (AvgIpc) is 3.10. The standard InChI is InChI=1S/C19H17NO2S2/c1-23-16-9-7-15(8-10-16)20-19(21)18-14(11-12-22-18)13-24-17-5-3-2-4-6-17/h2-12H,13H2,1H3,(H,20,21). The molecule has 0 saturated heterocycles. The van der Waals surface area contributed by atoms with Gasteiger partial charge in [-0.2, -0.15) is 0 Å². The number of benzene rings is 2. The van der Waals surface area contributed by atoms with Gasteiger partial charge in [-0.05, 0) is 48.7 Å². The molecule has 0 spiro atoms. The summed E-state index contributed by atoms with van der Waals surface area (Å²) >= 11 is 3.35. The van der Waals surface area contributed by atoms with E-state index in [1.807, 2.05) is 54.8 Å². The van der Waals surface area contributed by atoms with Crippen molar-refractivity contribution < 1.29 is 9.21 Å². The number of carbonyl (C=O) groups excluding carboxylic acids is 1. The Hall–Kier alpha value is -2.11. The van der Waals surface area contributed by atoms with Gasteiger partial charge in [-0.25, -0.2) is 0 Å². The van der Waals surface area contributed by atoms with Crippen molar-refractivity contribution in [2.45, 2.75) is 15.5 Å². The minimum Gasteiger partial charge on any atom is -0.459 e. The fourth-order valence-corrected chi connectivity index (χ4v) is 3.50. The largest absolute Gasteiger partial charge is 0.459 e. The maximum absolute atomic E-state index is 12.4. The molecule has 0 aliphatic rings. The highest BCUT2D eigenvalue weighted by Gasteiger charge is 2.15. The molecular formula is C19H17NO2S2. The predicted octanol–water partition coefficient (Wildman–Crippen LogP) is 5.55. The number of carbonyl (C=O) groups is 1. The van der Waals surface area contributed by atoms with E-state index in [4.69, 9.17) is 4.42 Å². The fourth-order valence-electron chi connectivity index (χ4n) is 2.19. The average molecular weight is 355 g/mol. The van der Waals surface area contributed by atoms with Crippen LogP contribution in [0.15, 0.2) is 81.1 Å². The Labute approximate surface area is 149 Å². The number of furan rings is 1. The molecule has 3 aromatic rings. The molecule has 0 fully saturated rings. The summed E-state index contributed by atoms with van der Waals surface area (Å²) in [5, 5.41) is 2.88. The molecule has 122 valence electrons. The number of thioether (sulfide) groups is 2. The third-order valence-electron chi connectivity index (χ3n) is 3.44. The second-order valence-electron chi connectivity index (χ2n) is 5.06. The van der Waals surface area contributed by atoms with Crippen LogP contribution in [-0.4, -0.2) is 12.2 Å². The summed E-state index contributed by atoms with van der Waals surface area (Å²) in [4.78, 5) is 14.8. The zero-order valence-electron chi connectivity index (χ0n) is 13.2. The van der Waals surface area contributed by atoms with E-state index in [-0.39, 0.29) is 5.91 Å². The van der Waals surface area contributed by atoms with Crippen LogP contribution < -0.4 is 5.32 Å². The van der Waals surface area contributed by atoms with Crippen LogP contribution in [-0.2, 0) is 5.75 Å². The Morgan fingerprint density at radius 3 is 2.46 bits per heavy atom. The highest BCUT2D eigenvalue weighted by molar-refractivity contribution is 7.98. The van der Waals surface area contributed by atoms with E-state index in [1.54, 1.807) is 29.8 Å². The molecule has 1 heterocycles. The summed E-state index contributed by atoms with van der Waals surface area (Å²) in [7, 11) is 0. The Bertz CT molecular complexity index is 798. The number of anilines is 1. The molecule has 0 aliphatic carbocycles. The minimum absolute atomic E-state index is 0.222. The first-order chi connectivity index (χ1) is 11.8. The third-order valence-corrected chi connectivity index (χ3v) is 5.24. The summed E-state index contributed by atoms with van der Waals surface area (Å²) in [6.07, 6.45) is 3.58. The first-order valence-electron chi connectivity index (χ1n) is 7.46. The van der Waals surface area contributed by atoms with Crippen LogP contribution in [0.25, 0.3) is 0 Å². The number of rotatable bonds is 6. The van der Waals surface area contributed by atoms with Gasteiger partial charge in [0.15, 0.2) is 5.76 Å². The second-order valence-corrected chi connectivity index (χ2v) is 6.99. The lowest BCUT2D eigenvalue weighted by Gasteiger charge is -2.06. The number of amides is 1. The summed E-state index contributed by atoms with van der Waals surface area (Å²) in [5.41, 5.74) is 1.65. The van der Waals surface area contributed by atoms with Gasteiger partial charge in [-0.15, -0.1) is 23.5 Å². The van der Waals surface area contributed by atoms with Gasteiger partial charge in [0.05, 0.1) is 6.26 Å². The predicted molar refractivity (Wildman–Crippen MR) is 101 cm³/mol. The maximum atomic E-state index is 12.4. The Balaban J connectivity index is 1.66. The molecule has 0 bridgehead atoms. The van der Waals surface area contributed by atoms with Crippen LogP contribution >= 0.6 is 23.5 Å². The molecule has 0 radical (unpaired) electrons. The van der Waals surface area contributed by atoms with Gasteiger partial charge < -0.3 is 9.73 Å². The van der Waals surface area contributed by atoms with Gasteiger partial charge in [0.2, 0.25) is 0 Å². The van der Waals surface area contributed by atoms with Gasteiger partial charge in [0.25, 0.3) is 5.91 Å². The minimum atomic E-state index is -0.222. The van der Waals surface area contributed by atoms with E-state index in [0.29, 0.717) is 11.5 Å². The topological polar surface area (TPSA) is 42.2 Å². The molecule has 3 nitrogen and oxygen atoms in total. The molecule has 1 N–H and O–H groups in total.